The first kappa shape index (κ1) is 37.5. The highest BCUT2D eigenvalue weighted by Crippen LogP contribution is 2.71. The SMILES string of the molecule is CC1(C)COC2(CCC3=C4[C@@H](CC[C@@]3(O)C2)[C@@H]2CC[C@@](O)(C(F)(F)C(F)(F)F)[C@@]2(C)C[C@@H]4c2ccc(COC(=O)Nc3ccc(Cl)cc3)cc2)OC1. The molecule has 3 saturated carbocycles. The van der Waals surface area contributed by atoms with Crippen molar-refractivity contribution in [2.24, 2.45) is 22.7 Å². The van der Waals surface area contributed by atoms with E-state index in [1.807, 2.05) is 13.8 Å². The highest BCUT2D eigenvalue weighted by molar-refractivity contribution is 6.30. The van der Waals surface area contributed by atoms with Crippen molar-refractivity contribution in [3.05, 3.63) is 75.8 Å². The zero-order valence-corrected chi connectivity index (χ0v) is 30.2. The maximum absolute atomic E-state index is 15.4. The zero-order valence-electron chi connectivity index (χ0n) is 29.4. The summed E-state index contributed by atoms with van der Waals surface area (Å²) < 4.78 is 90.8. The van der Waals surface area contributed by atoms with Gasteiger partial charge in [0, 0.05) is 40.3 Å². The molecule has 1 aliphatic heterocycles. The minimum Gasteiger partial charge on any atom is -0.444 e. The predicted molar refractivity (Wildman–Crippen MR) is 183 cm³/mol. The van der Waals surface area contributed by atoms with Gasteiger partial charge in [-0.1, -0.05) is 62.2 Å². The molecular weight excluding hydrogens is 709 g/mol. The fraction of sp³-hybridized carbons (Fsp3) is 0.615. The molecule has 0 bridgehead atoms. The molecule has 1 heterocycles. The van der Waals surface area contributed by atoms with Crippen molar-refractivity contribution in [1.82, 2.24) is 0 Å². The van der Waals surface area contributed by atoms with Gasteiger partial charge in [0.25, 0.3) is 0 Å². The fourth-order valence-electron chi connectivity index (χ4n) is 9.99. The molecule has 2 aromatic carbocycles. The molecule has 4 fully saturated rings. The molecule has 3 N–H and O–H groups in total. The lowest BCUT2D eigenvalue weighted by Gasteiger charge is -2.59. The van der Waals surface area contributed by atoms with Gasteiger partial charge in [0.1, 0.15) is 12.2 Å². The molecule has 0 unspecified atom stereocenters. The number of hydrogen-bond donors (Lipinski definition) is 3. The summed E-state index contributed by atoms with van der Waals surface area (Å²) in [4.78, 5) is 12.4. The Labute approximate surface area is 304 Å². The standard InChI is InChI=1S/C39H45ClF5NO6/c1-33(2)21-51-36(52-22-33)16-13-30-31-27(12-15-35(30,48)20-36)29-14-17-37(49,38(41,42)39(43,44)45)34(29,3)18-28(31)24-6-4-23(5-7-24)19-50-32(47)46-26-10-8-25(40)9-11-26/h4-11,27-29,48-49H,12-22H2,1-3H3,(H,46,47)/t27-,28+,29-,34-,35+,37-/m0/s1. The van der Waals surface area contributed by atoms with Gasteiger partial charge in [-0.25, -0.2) is 4.79 Å². The summed E-state index contributed by atoms with van der Waals surface area (Å²) in [6, 6.07) is 13.5. The summed E-state index contributed by atoms with van der Waals surface area (Å²) in [6.45, 7) is 6.31. The monoisotopic (exact) mass is 753 g/mol. The average Bonchev–Trinajstić information content (AvgIpc) is 3.36. The molecule has 0 radical (unpaired) electrons. The fourth-order valence-corrected chi connectivity index (χ4v) is 10.1. The Morgan fingerprint density at radius 1 is 0.942 bits per heavy atom. The van der Waals surface area contributed by atoms with E-state index in [1.165, 1.54) is 6.92 Å². The Hall–Kier alpha value is -2.77. The van der Waals surface area contributed by atoms with Gasteiger partial charge in [0.2, 0.25) is 0 Å². The number of hydrogen-bond acceptors (Lipinski definition) is 6. The van der Waals surface area contributed by atoms with E-state index in [1.54, 1.807) is 48.5 Å². The van der Waals surface area contributed by atoms with Crippen LogP contribution in [0.5, 0.6) is 0 Å². The van der Waals surface area contributed by atoms with Gasteiger partial charge in [-0.3, -0.25) is 5.32 Å². The van der Waals surface area contributed by atoms with Crippen LogP contribution < -0.4 is 5.32 Å². The van der Waals surface area contributed by atoms with Crippen LogP contribution in [0.15, 0.2) is 59.7 Å². The van der Waals surface area contributed by atoms with Gasteiger partial charge >= 0.3 is 18.2 Å². The Kier molecular flexibility index (Phi) is 9.13. The second kappa shape index (κ2) is 12.6. The van der Waals surface area contributed by atoms with E-state index in [9.17, 15) is 28.2 Å². The molecule has 13 heteroatoms. The van der Waals surface area contributed by atoms with E-state index in [-0.39, 0.29) is 37.7 Å². The van der Waals surface area contributed by atoms with Crippen LogP contribution in [0.4, 0.5) is 32.4 Å². The van der Waals surface area contributed by atoms with E-state index in [2.05, 4.69) is 5.32 Å². The lowest BCUT2D eigenvalue weighted by molar-refractivity contribution is -0.362. The highest BCUT2D eigenvalue weighted by Gasteiger charge is 2.79. The van der Waals surface area contributed by atoms with Crippen molar-refractivity contribution in [2.45, 2.75) is 114 Å². The summed E-state index contributed by atoms with van der Waals surface area (Å²) in [5.41, 5.74) is -3.18. The maximum atomic E-state index is 15.4. The number of aliphatic hydroxyl groups is 2. The molecule has 7 rings (SSSR count). The molecule has 52 heavy (non-hydrogen) atoms. The molecule has 1 spiro atoms. The van der Waals surface area contributed by atoms with Gasteiger partial charge < -0.3 is 24.4 Å². The molecule has 5 aliphatic rings. The van der Waals surface area contributed by atoms with Crippen LogP contribution in [-0.4, -0.2) is 58.6 Å². The molecule has 7 nitrogen and oxygen atoms in total. The number of carbonyl (C=O) groups excluding carboxylic acids is 1. The first-order chi connectivity index (χ1) is 24.2. The van der Waals surface area contributed by atoms with E-state index >= 15 is 8.78 Å². The van der Waals surface area contributed by atoms with Crippen LogP contribution >= 0.6 is 11.6 Å². The van der Waals surface area contributed by atoms with Crippen molar-refractivity contribution in [1.29, 1.82) is 0 Å². The van der Waals surface area contributed by atoms with Gasteiger partial charge in [-0.15, -0.1) is 0 Å². The molecular formula is C39H45ClF5NO6. The molecule has 0 aromatic heterocycles. The van der Waals surface area contributed by atoms with Crippen LogP contribution in [0.25, 0.3) is 0 Å². The molecule has 4 aliphatic carbocycles. The minimum absolute atomic E-state index is 0.00483. The summed E-state index contributed by atoms with van der Waals surface area (Å²) in [5.74, 6) is -8.03. The van der Waals surface area contributed by atoms with Gasteiger partial charge in [0.15, 0.2) is 5.79 Å². The summed E-state index contributed by atoms with van der Waals surface area (Å²) in [6.07, 6.45) is -5.77. The summed E-state index contributed by atoms with van der Waals surface area (Å²) in [5, 5.41) is 27.1. The van der Waals surface area contributed by atoms with Gasteiger partial charge in [0.05, 0.1) is 18.8 Å². The number of carbonyl (C=O) groups is 1. The number of rotatable bonds is 5. The van der Waals surface area contributed by atoms with Crippen molar-refractivity contribution >= 4 is 23.4 Å². The topological polar surface area (TPSA) is 97.3 Å². The second-order valence-corrected chi connectivity index (χ2v) is 17.1. The molecule has 6 atom stereocenters. The van der Waals surface area contributed by atoms with Gasteiger partial charge in [-0.05, 0) is 91.3 Å². The maximum Gasteiger partial charge on any atom is 0.456 e. The predicted octanol–water partition coefficient (Wildman–Crippen LogP) is 9.31. The van der Waals surface area contributed by atoms with Crippen LogP contribution in [0.2, 0.25) is 5.02 Å². The van der Waals surface area contributed by atoms with E-state index in [4.69, 9.17) is 25.8 Å². The Morgan fingerprint density at radius 2 is 1.60 bits per heavy atom. The second-order valence-electron chi connectivity index (χ2n) is 16.6. The van der Waals surface area contributed by atoms with Crippen LogP contribution in [0.1, 0.15) is 89.2 Å². The normalized spacial score (nSPS) is 33.9. The van der Waals surface area contributed by atoms with Crippen LogP contribution in [0.3, 0.4) is 0 Å². The number of alkyl halides is 5. The lowest BCUT2D eigenvalue weighted by atomic mass is 9.49. The van der Waals surface area contributed by atoms with Gasteiger partial charge in [-0.2, -0.15) is 22.0 Å². The number of allylic oxidation sites excluding steroid dienone is 1. The third kappa shape index (κ3) is 6.14. The lowest BCUT2D eigenvalue weighted by Crippen LogP contribution is -2.65. The van der Waals surface area contributed by atoms with Crippen molar-refractivity contribution in [3.8, 4) is 0 Å². The Morgan fingerprint density at radius 3 is 2.23 bits per heavy atom. The van der Waals surface area contributed by atoms with E-state index in [0.717, 1.165) is 11.1 Å². The summed E-state index contributed by atoms with van der Waals surface area (Å²) in [7, 11) is 0. The first-order valence-electron chi connectivity index (χ1n) is 17.9. The number of halogens is 6. The van der Waals surface area contributed by atoms with Crippen molar-refractivity contribution in [2.75, 3.05) is 18.5 Å². The number of fused-ring (bicyclic) bond motifs is 4. The third-order valence-electron chi connectivity index (χ3n) is 12.7. The zero-order chi connectivity index (χ0) is 37.5. The van der Waals surface area contributed by atoms with Crippen molar-refractivity contribution in [3.63, 3.8) is 0 Å². The van der Waals surface area contributed by atoms with Crippen molar-refractivity contribution < 1.29 is 51.2 Å². The smallest absolute Gasteiger partial charge is 0.444 e. The molecule has 1 amide bonds. The molecule has 1 saturated heterocycles. The first-order valence-corrected chi connectivity index (χ1v) is 18.3. The number of ether oxygens (including phenoxy) is 3. The van der Waals surface area contributed by atoms with E-state index in [0.29, 0.717) is 54.3 Å². The Balaban J connectivity index is 1.21. The Bertz CT molecular complexity index is 1720. The summed E-state index contributed by atoms with van der Waals surface area (Å²) >= 11 is 5.90. The minimum atomic E-state index is -5.94. The number of amides is 1. The number of benzene rings is 2. The number of anilines is 1. The van der Waals surface area contributed by atoms with Crippen LogP contribution in [-0.2, 0) is 20.8 Å². The van der Waals surface area contributed by atoms with Crippen LogP contribution in [0, 0.1) is 22.7 Å². The molecule has 2 aromatic rings. The largest absolute Gasteiger partial charge is 0.456 e. The third-order valence-corrected chi connectivity index (χ3v) is 13.0. The average molecular weight is 754 g/mol. The quantitative estimate of drug-likeness (QED) is 0.208. The highest BCUT2D eigenvalue weighted by atomic mass is 35.5. The van der Waals surface area contributed by atoms with E-state index < -0.39 is 64.8 Å². The molecule has 284 valence electrons. The number of nitrogens with one attached hydrogen (secondary N) is 1.